The molecule has 0 saturated heterocycles. The first kappa shape index (κ1) is 14.3. The summed E-state index contributed by atoms with van der Waals surface area (Å²) in [7, 11) is 0. The van der Waals surface area contributed by atoms with Crippen LogP contribution in [0.2, 0.25) is 5.02 Å². The van der Waals surface area contributed by atoms with E-state index in [4.69, 9.17) is 11.6 Å². The zero-order valence-electron chi connectivity index (χ0n) is 11.0. The molecule has 0 radical (unpaired) electrons. The van der Waals surface area contributed by atoms with Gasteiger partial charge in [0.05, 0.1) is 16.6 Å². The average Bonchev–Trinajstić information content (AvgIpc) is 2.83. The SMILES string of the molecule is FC(F)(F)c1cc(NC2CCc3ccccc32)ccc1Cl. The van der Waals surface area contributed by atoms with E-state index in [2.05, 4.69) is 11.4 Å². The quantitative estimate of drug-likeness (QED) is 0.776. The molecule has 0 saturated carbocycles. The van der Waals surface area contributed by atoms with Gasteiger partial charge in [0.2, 0.25) is 0 Å². The Balaban J connectivity index is 1.87. The molecular weight excluding hydrogens is 299 g/mol. The van der Waals surface area contributed by atoms with Crippen LogP contribution < -0.4 is 5.32 Å². The van der Waals surface area contributed by atoms with Crippen LogP contribution in [0.3, 0.4) is 0 Å². The average molecular weight is 312 g/mol. The molecule has 0 spiro atoms. The van der Waals surface area contributed by atoms with Gasteiger partial charge in [0.15, 0.2) is 0 Å². The van der Waals surface area contributed by atoms with E-state index >= 15 is 0 Å². The summed E-state index contributed by atoms with van der Waals surface area (Å²) in [6.45, 7) is 0. The summed E-state index contributed by atoms with van der Waals surface area (Å²) in [6, 6.07) is 12.0. The number of benzene rings is 2. The van der Waals surface area contributed by atoms with Gasteiger partial charge in [0.25, 0.3) is 0 Å². The van der Waals surface area contributed by atoms with Crippen molar-refractivity contribution < 1.29 is 13.2 Å². The molecule has 21 heavy (non-hydrogen) atoms. The van der Waals surface area contributed by atoms with E-state index in [1.165, 1.54) is 11.6 Å². The fourth-order valence-electron chi connectivity index (χ4n) is 2.74. The standard InChI is InChI=1S/C16H13ClF3N/c17-14-7-6-11(9-13(14)16(18,19)20)21-15-8-5-10-3-1-2-4-12(10)15/h1-4,6-7,9,15,21H,5,8H2. The molecule has 0 aromatic heterocycles. The highest BCUT2D eigenvalue weighted by atomic mass is 35.5. The minimum Gasteiger partial charge on any atom is -0.378 e. The second-order valence-electron chi connectivity index (χ2n) is 5.13. The number of hydrogen-bond donors (Lipinski definition) is 1. The van der Waals surface area contributed by atoms with Crippen LogP contribution in [0.5, 0.6) is 0 Å². The summed E-state index contributed by atoms with van der Waals surface area (Å²) >= 11 is 5.63. The van der Waals surface area contributed by atoms with Crippen LogP contribution in [0, 0.1) is 0 Å². The lowest BCUT2D eigenvalue weighted by atomic mass is 10.1. The Hall–Kier alpha value is -1.68. The van der Waals surface area contributed by atoms with Gasteiger partial charge in [-0.2, -0.15) is 13.2 Å². The molecule has 110 valence electrons. The van der Waals surface area contributed by atoms with Crippen molar-refractivity contribution in [2.45, 2.75) is 25.1 Å². The van der Waals surface area contributed by atoms with Crippen LogP contribution in [-0.4, -0.2) is 0 Å². The third-order valence-corrected chi connectivity index (χ3v) is 4.08. The maximum Gasteiger partial charge on any atom is 0.417 e. The topological polar surface area (TPSA) is 12.0 Å². The molecule has 1 atom stereocenters. The fourth-order valence-corrected chi connectivity index (χ4v) is 2.97. The first-order valence-corrected chi connectivity index (χ1v) is 7.04. The zero-order chi connectivity index (χ0) is 15.0. The molecule has 1 N–H and O–H groups in total. The number of halogens is 4. The Bertz CT molecular complexity index is 667. The molecule has 0 amide bonds. The maximum absolute atomic E-state index is 12.9. The van der Waals surface area contributed by atoms with Gasteiger partial charge in [0.1, 0.15) is 0 Å². The van der Waals surface area contributed by atoms with Gasteiger partial charge in [-0.05, 0) is 42.2 Å². The molecule has 3 rings (SSSR count). The molecular formula is C16H13ClF3N. The number of nitrogens with one attached hydrogen (secondary N) is 1. The second kappa shape index (κ2) is 5.26. The lowest BCUT2D eigenvalue weighted by molar-refractivity contribution is -0.137. The third-order valence-electron chi connectivity index (χ3n) is 3.75. The van der Waals surface area contributed by atoms with E-state index in [0.29, 0.717) is 5.69 Å². The smallest absolute Gasteiger partial charge is 0.378 e. The fraction of sp³-hybridized carbons (Fsp3) is 0.250. The summed E-state index contributed by atoms with van der Waals surface area (Å²) in [4.78, 5) is 0. The molecule has 1 unspecified atom stereocenters. The molecule has 0 aliphatic heterocycles. The van der Waals surface area contributed by atoms with Crippen LogP contribution in [-0.2, 0) is 12.6 Å². The van der Waals surface area contributed by atoms with Crippen molar-refractivity contribution in [2.75, 3.05) is 5.32 Å². The summed E-state index contributed by atoms with van der Waals surface area (Å²) in [5, 5.41) is 2.90. The minimum absolute atomic E-state index is 0.0449. The first-order valence-electron chi connectivity index (χ1n) is 6.66. The molecule has 1 nitrogen and oxygen atoms in total. The van der Waals surface area contributed by atoms with Crippen molar-refractivity contribution in [3.63, 3.8) is 0 Å². The summed E-state index contributed by atoms with van der Waals surface area (Å²) < 4.78 is 38.6. The Labute approximate surface area is 125 Å². The van der Waals surface area contributed by atoms with Crippen molar-refractivity contribution in [1.29, 1.82) is 0 Å². The number of hydrogen-bond acceptors (Lipinski definition) is 1. The van der Waals surface area contributed by atoms with E-state index in [1.807, 2.05) is 18.2 Å². The lowest BCUT2D eigenvalue weighted by Gasteiger charge is -2.17. The molecule has 1 aliphatic rings. The van der Waals surface area contributed by atoms with E-state index in [0.717, 1.165) is 24.5 Å². The molecule has 2 aromatic carbocycles. The summed E-state index contributed by atoms with van der Waals surface area (Å²) in [5.41, 5.74) is 2.04. The first-order chi connectivity index (χ1) is 9.95. The molecule has 0 heterocycles. The molecule has 0 bridgehead atoms. The van der Waals surface area contributed by atoms with Crippen molar-refractivity contribution >= 4 is 17.3 Å². The van der Waals surface area contributed by atoms with E-state index in [1.54, 1.807) is 6.07 Å². The normalized spacial score (nSPS) is 17.6. The van der Waals surface area contributed by atoms with Gasteiger partial charge < -0.3 is 5.32 Å². The van der Waals surface area contributed by atoms with Gasteiger partial charge in [-0.1, -0.05) is 35.9 Å². The number of aryl methyl sites for hydroxylation is 1. The largest absolute Gasteiger partial charge is 0.417 e. The third kappa shape index (κ3) is 2.86. The van der Waals surface area contributed by atoms with E-state index < -0.39 is 11.7 Å². The van der Waals surface area contributed by atoms with Gasteiger partial charge in [0, 0.05) is 5.69 Å². The summed E-state index contributed by atoms with van der Waals surface area (Å²) in [5.74, 6) is 0. The molecule has 5 heteroatoms. The van der Waals surface area contributed by atoms with Crippen molar-refractivity contribution in [3.8, 4) is 0 Å². The van der Waals surface area contributed by atoms with Crippen LogP contribution >= 0.6 is 11.6 Å². The van der Waals surface area contributed by atoms with Gasteiger partial charge in [-0.3, -0.25) is 0 Å². The number of rotatable bonds is 2. The van der Waals surface area contributed by atoms with Crippen molar-refractivity contribution in [3.05, 3.63) is 64.2 Å². The predicted molar refractivity (Wildman–Crippen MR) is 77.6 cm³/mol. The van der Waals surface area contributed by atoms with Crippen LogP contribution in [0.1, 0.15) is 29.2 Å². The highest BCUT2D eigenvalue weighted by molar-refractivity contribution is 6.31. The highest BCUT2D eigenvalue weighted by Crippen LogP contribution is 2.38. The Kier molecular flexibility index (Phi) is 3.57. The van der Waals surface area contributed by atoms with Gasteiger partial charge in [-0.15, -0.1) is 0 Å². The number of fused-ring (bicyclic) bond motifs is 1. The van der Waals surface area contributed by atoms with Crippen LogP contribution in [0.15, 0.2) is 42.5 Å². The number of alkyl halides is 3. The minimum atomic E-state index is -4.44. The number of anilines is 1. The van der Waals surface area contributed by atoms with Crippen molar-refractivity contribution in [1.82, 2.24) is 0 Å². The Morgan fingerprint density at radius 2 is 1.86 bits per heavy atom. The molecule has 0 fully saturated rings. The molecule has 2 aromatic rings. The highest BCUT2D eigenvalue weighted by Gasteiger charge is 2.33. The summed E-state index contributed by atoms with van der Waals surface area (Å²) in [6.07, 6.45) is -2.63. The van der Waals surface area contributed by atoms with Crippen LogP contribution in [0.25, 0.3) is 0 Å². The van der Waals surface area contributed by atoms with Gasteiger partial charge in [-0.25, -0.2) is 0 Å². The zero-order valence-corrected chi connectivity index (χ0v) is 11.8. The van der Waals surface area contributed by atoms with Crippen molar-refractivity contribution in [2.24, 2.45) is 0 Å². The Morgan fingerprint density at radius 3 is 2.62 bits per heavy atom. The maximum atomic E-state index is 12.9. The van der Waals surface area contributed by atoms with E-state index in [9.17, 15) is 13.2 Å². The van der Waals surface area contributed by atoms with E-state index in [-0.39, 0.29) is 11.1 Å². The Morgan fingerprint density at radius 1 is 1.10 bits per heavy atom. The van der Waals surface area contributed by atoms with Gasteiger partial charge >= 0.3 is 6.18 Å². The lowest BCUT2D eigenvalue weighted by Crippen LogP contribution is -2.10. The predicted octanol–water partition coefficient (Wildman–Crippen LogP) is 5.46. The second-order valence-corrected chi connectivity index (χ2v) is 5.53. The molecule has 1 aliphatic carbocycles. The van der Waals surface area contributed by atoms with Crippen LogP contribution in [0.4, 0.5) is 18.9 Å². The monoisotopic (exact) mass is 311 g/mol.